The Bertz CT molecular complexity index is 3460. The van der Waals surface area contributed by atoms with Gasteiger partial charge in [0.1, 0.15) is 16.8 Å². The third-order valence-electron chi connectivity index (χ3n) is 10.7. The van der Waals surface area contributed by atoms with Crippen LogP contribution in [0.1, 0.15) is 0 Å². The van der Waals surface area contributed by atoms with Gasteiger partial charge in [0, 0.05) is 63.3 Å². The summed E-state index contributed by atoms with van der Waals surface area (Å²) < 4.78 is 18.6. The zero-order valence-corrected chi connectivity index (χ0v) is 28.8. The van der Waals surface area contributed by atoms with Crippen molar-refractivity contribution in [3.05, 3.63) is 146 Å². The fraction of sp³-hybridized carbons (Fsp3) is 0.0222. The lowest BCUT2D eigenvalue weighted by Gasteiger charge is -2.11. The molecule has 0 aliphatic rings. The molecule has 0 saturated carbocycles. The first-order valence-corrected chi connectivity index (χ1v) is 17.7. The van der Waals surface area contributed by atoms with E-state index < -0.39 is 0 Å². The average molecular weight is 698 g/mol. The minimum absolute atomic E-state index is 0.687. The second-order valence-corrected chi connectivity index (χ2v) is 13.5. The summed E-state index contributed by atoms with van der Waals surface area (Å²) in [5.74, 6) is 0.687. The Morgan fingerprint density at radius 2 is 0.963 bits per heavy atom. The van der Waals surface area contributed by atoms with Crippen LogP contribution in [0.4, 0.5) is 0 Å². The second-order valence-electron chi connectivity index (χ2n) is 13.5. The van der Waals surface area contributed by atoms with Gasteiger partial charge in [-0.15, -0.1) is 0 Å². The van der Waals surface area contributed by atoms with Gasteiger partial charge >= 0.3 is 0 Å². The Morgan fingerprint density at radius 3 is 1.67 bits per heavy atom. The van der Waals surface area contributed by atoms with Crippen LogP contribution in [0.15, 0.2) is 151 Å². The molecule has 0 saturated heterocycles. The molecule has 54 heavy (non-hydrogen) atoms. The van der Waals surface area contributed by atoms with Gasteiger partial charge in [-0.25, -0.2) is 0 Å². The first kappa shape index (κ1) is 29.1. The van der Waals surface area contributed by atoms with Gasteiger partial charge in [-0.2, -0.15) is 0 Å². The summed E-state index contributed by atoms with van der Waals surface area (Å²) in [5, 5.41) is 4.17. The number of furan rings is 1. The first-order valence-electron chi connectivity index (χ1n) is 17.7. The molecule has 0 spiro atoms. The van der Waals surface area contributed by atoms with Crippen molar-refractivity contribution in [2.45, 2.75) is 0 Å². The van der Waals surface area contributed by atoms with Crippen LogP contribution in [0.25, 0.3) is 105 Å². The quantitative estimate of drug-likeness (QED) is 0.182. The highest BCUT2D eigenvalue weighted by Crippen LogP contribution is 2.39. The minimum Gasteiger partial charge on any atom is -0.495 e. The van der Waals surface area contributed by atoms with Crippen LogP contribution in [0.5, 0.6) is 5.75 Å². The summed E-state index contributed by atoms with van der Waals surface area (Å²) in [7, 11) is 1.67. The molecule has 254 valence electrons. The average Bonchev–Trinajstić information content (AvgIpc) is 3.96. The molecule has 0 atom stereocenters. The molecule has 0 aliphatic heterocycles. The van der Waals surface area contributed by atoms with Gasteiger partial charge in [-0.3, -0.25) is 19.9 Å². The highest BCUT2D eigenvalue weighted by Gasteiger charge is 2.21. The lowest BCUT2D eigenvalue weighted by atomic mass is 10.2. The Morgan fingerprint density at radius 1 is 0.426 bits per heavy atom. The molecule has 0 radical (unpaired) electrons. The summed E-state index contributed by atoms with van der Waals surface area (Å²) in [6, 6.07) is 42.1. The Labute approximate surface area is 305 Å². The van der Waals surface area contributed by atoms with Crippen molar-refractivity contribution >= 4 is 87.9 Å². The van der Waals surface area contributed by atoms with Crippen LogP contribution >= 0.6 is 0 Å². The number of ether oxygens (including phenoxy) is 1. The third kappa shape index (κ3) is 3.92. The van der Waals surface area contributed by atoms with Crippen molar-refractivity contribution in [3.63, 3.8) is 0 Å². The number of benzene rings is 4. The molecule has 0 N–H and O–H groups in total. The fourth-order valence-corrected chi connectivity index (χ4v) is 8.41. The molecule has 0 aliphatic carbocycles. The van der Waals surface area contributed by atoms with E-state index in [0.717, 1.165) is 105 Å². The van der Waals surface area contributed by atoms with Crippen molar-refractivity contribution in [1.82, 2.24) is 33.6 Å². The fourth-order valence-electron chi connectivity index (χ4n) is 8.41. The summed E-state index contributed by atoms with van der Waals surface area (Å²) in [6.07, 6.45) is 7.31. The van der Waals surface area contributed by atoms with Crippen LogP contribution in [0.3, 0.4) is 0 Å². The summed E-state index contributed by atoms with van der Waals surface area (Å²) in [6.45, 7) is 0. The number of nitrogens with zero attached hydrogens (tertiary/aromatic N) is 7. The molecule has 0 amide bonds. The van der Waals surface area contributed by atoms with E-state index in [0.29, 0.717) is 5.75 Å². The van der Waals surface area contributed by atoms with E-state index in [1.165, 1.54) is 0 Å². The summed E-state index contributed by atoms with van der Waals surface area (Å²) in [5.41, 5.74) is 14.5. The standard InChI is InChI=1S/C45H27N7O2/c1-53-29-24-39-44(49-25-29)32-22-27(13-16-36(32)52(39)28-14-17-40-33(23-28)45-41(54-40)11-6-20-48-45)51-35-15-12-26(21-31(35)43-38(51)10-5-19-47-43)50-34-8-3-2-7-30(34)42-37(50)9-4-18-46-42/h2-25H,1H3. The highest BCUT2D eigenvalue weighted by atomic mass is 16.5. The molecule has 0 fully saturated rings. The SMILES string of the molecule is COc1cnc2c3cc(-n4c5ccc(-n6c7ccccc7c7ncccc76)cc5c5ncccc54)ccc3n(-c3ccc4oc5cccnc5c4c3)c2c1. The van der Waals surface area contributed by atoms with Gasteiger partial charge in [-0.05, 0) is 97.1 Å². The van der Waals surface area contributed by atoms with Crippen molar-refractivity contribution in [3.8, 4) is 22.8 Å². The molecule has 0 bridgehead atoms. The van der Waals surface area contributed by atoms with Gasteiger partial charge in [0.25, 0.3) is 0 Å². The van der Waals surface area contributed by atoms with Gasteiger partial charge in [0.05, 0.1) is 63.0 Å². The molecule has 0 unspecified atom stereocenters. The van der Waals surface area contributed by atoms with Gasteiger partial charge < -0.3 is 22.9 Å². The zero-order valence-electron chi connectivity index (χ0n) is 28.8. The number of methoxy groups -OCH3 is 1. The minimum atomic E-state index is 0.687. The third-order valence-corrected chi connectivity index (χ3v) is 10.7. The van der Waals surface area contributed by atoms with E-state index in [1.807, 2.05) is 48.8 Å². The van der Waals surface area contributed by atoms with Gasteiger partial charge in [-0.1, -0.05) is 18.2 Å². The summed E-state index contributed by atoms with van der Waals surface area (Å²) >= 11 is 0. The lowest BCUT2D eigenvalue weighted by molar-refractivity contribution is 0.413. The lowest BCUT2D eigenvalue weighted by Crippen LogP contribution is -1.97. The molecule has 9 heteroatoms. The Balaban J connectivity index is 1.09. The van der Waals surface area contributed by atoms with Crippen molar-refractivity contribution < 1.29 is 9.15 Å². The molecular formula is C45H27N7O2. The molecule has 8 heterocycles. The molecule has 12 aromatic rings. The van der Waals surface area contributed by atoms with E-state index in [1.54, 1.807) is 19.5 Å². The summed E-state index contributed by atoms with van der Waals surface area (Å²) in [4.78, 5) is 19.3. The van der Waals surface area contributed by atoms with E-state index in [-0.39, 0.29) is 0 Å². The maximum absolute atomic E-state index is 6.11. The number of fused-ring (bicyclic) bond motifs is 12. The molecule has 8 aromatic heterocycles. The van der Waals surface area contributed by atoms with E-state index in [2.05, 4.69) is 104 Å². The smallest absolute Gasteiger partial charge is 0.153 e. The van der Waals surface area contributed by atoms with Crippen LogP contribution in [-0.4, -0.2) is 40.7 Å². The number of rotatable bonds is 4. The monoisotopic (exact) mass is 697 g/mol. The van der Waals surface area contributed by atoms with E-state index in [9.17, 15) is 0 Å². The number of hydrogen-bond donors (Lipinski definition) is 0. The van der Waals surface area contributed by atoms with Crippen LogP contribution in [-0.2, 0) is 0 Å². The second kappa shape index (κ2) is 10.8. The molecule has 12 rings (SSSR count). The number of aromatic nitrogens is 7. The molecule has 4 aromatic carbocycles. The first-order chi connectivity index (χ1) is 26.7. The van der Waals surface area contributed by atoms with Crippen molar-refractivity contribution in [2.75, 3.05) is 7.11 Å². The van der Waals surface area contributed by atoms with E-state index in [4.69, 9.17) is 24.1 Å². The normalized spacial score (nSPS) is 12.2. The largest absolute Gasteiger partial charge is 0.495 e. The molecular weight excluding hydrogens is 671 g/mol. The number of pyridine rings is 4. The van der Waals surface area contributed by atoms with E-state index >= 15 is 0 Å². The van der Waals surface area contributed by atoms with Gasteiger partial charge in [0.2, 0.25) is 0 Å². The van der Waals surface area contributed by atoms with Crippen LogP contribution in [0, 0.1) is 0 Å². The predicted octanol–water partition coefficient (Wildman–Crippen LogP) is 10.5. The topological polar surface area (TPSA) is 88.7 Å². The maximum Gasteiger partial charge on any atom is 0.153 e. The van der Waals surface area contributed by atoms with Crippen LogP contribution < -0.4 is 4.74 Å². The highest BCUT2D eigenvalue weighted by molar-refractivity contribution is 6.12. The van der Waals surface area contributed by atoms with Crippen molar-refractivity contribution in [2.24, 2.45) is 0 Å². The van der Waals surface area contributed by atoms with Gasteiger partial charge in [0.15, 0.2) is 5.58 Å². The Kier molecular flexibility index (Phi) is 5.79. The zero-order chi connectivity index (χ0) is 35.5. The van der Waals surface area contributed by atoms with Crippen molar-refractivity contribution in [1.29, 1.82) is 0 Å². The maximum atomic E-state index is 6.11. The number of hydrogen-bond acceptors (Lipinski definition) is 6. The predicted molar refractivity (Wildman–Crippen MR) is 214 cm³/mol. The van der Waals surface area contributed by atoms with Crippen LogP contribution in [0.2, 0.25) is 0 Å². The molecule has 9 nitrogen and oxygen atoms in total. The Hall–Kier alpha value is -7.52. The number of para-hydroxylation sites is 1.